The summed E-state index contributed by atoms with van der Waals surface area (Å²) in [6.07, 6.45) is -3.39. The van der Waals surface area contributed by atoms with Gasteiger partial charge in [0.15, 0.2) is 0 Å². The molecule has 18 nitrogen and oxygen atoms in total. The molecule has 0 saturated heterocycles. The molecule has 7 amide bonds. The number of phosphoric ester groups is 1. The predicted octanol–water partition coefficient (Wildman–Crippen LogP) is 5.68. The van der Waals surface area contributed by atoms with E-state index in [-0.39, 0.29) is 22.3 Å². The van der Waals surface area contributed by atoms with Gasteiger partial charge in [0, 0.05) is 54.9 Å². The molecule has 0 aliphatic carbocycles. The third-order valence-corrected chi connectivity index (χ3v) is 15.7. The van der Waals surface area contributed by atoms with E-state index in [0.29, 0.717) is 108 Å². The van der Waals surface area contributed by atoms with E-state index in [4.69, 9.17) is 9.05 Å². The molecule has 4 heterocycles. The van der Waals surface area contributed by atoms with Crippen LogP contribution in [0.1, 0.15) is 78.1 Å². The Kier molecular flexibility index (Phi) is 8.72. The van der Waals surface area contributed by atoms with Crippen LogP contribution >= 0.6 is 7.82 Å². The van der Waals surface area contributed by atoms with Crippen molar-refractivity contribution in [1.82, 2.24) is 15.1 Å². The van der Waals surface area contributed by atoms with Crippen LogP contribution in [0.25, 0.3) is 86.2 Å². The number of aliphatic imine (C=N–C) groups is 1. The van der Waals surface area contributed by atoms with Gasteiger partial charge in [-0.1, -0.05) is 54.6 Å². The van der Waals surface area contributed by atoms with Crippen LogP contribution in [-0.4, -0.2) is 111 Å². The number of carbonyl (C=O) groups excluding carboxylic acids is 7. The number of fused-ring (bicyclic) bond motifs is 4. The molecule has 3 atom stereocenters. The normalized spacial score (nSPS) is 17.2. The number of imide groups is 3. The molecule has 10 aromatic rings. The van der Waals surface area contributed by atoms with E-state index in [2.05, 4.69) is 10.3 Å². The van der Waals surface area contributed by atoms with Crippen LogP contribution in [0.2, 0.25) is 0 Å². The van der Waals surface area contributed by atoms with Gasteiger partial charge in [-0.05, 0) is 119 Å². The number of aliphatic hydroxyl groups excluding tert-OH is 2. The van der Waals surface area contributed by atoms with Gasteiger partial charge in [0.25, 0.3) is 41.4 Å². The average Bonchev–Trinajstić information content (AvgIpc) is 3.38. The van der Waals surface area contributed by atoms with Gasteiger partial charge in [-0.15, -0.1) is 0 Å². The molecule has 4 N–H and O–H groups in total. The Bertz CT molecular complexity index is 4070. The largest absolute Gasteiger partial charge is 0.858 e. The lowest BCUT2D eigenvalue weighted by Crippen LogP contribution is -2.45. The first-order valence-corrected chi connectivity index (χ1v) is 24.4. The molecule has 4 aliphatic rings. The summed E-state index contributed by atoms with van der Waals surface area (Å²) < 4.78 is 23.1. The Hall–Kier alpha value is -8.61. The first-order chi connectivity index (χ1) is 35.1. The van der Waals surface area contributed by atoms with E-state index < -0.39 is 93.6 Å². The summed E-state index contributed by atoms with van der Waals surface area (Å²) in [6.45, 7) is -3.08. The van der Waals surface area contributed by atoms with Crippen LogP contribution in [0.15, 0.2) is 102 Å². The Labute approximate surface area is 407 Å². The molecule has 19 heteroatoms. The first kappa shape index (κ1) is 43.2. The van der Waals surface area contributed by atoms with Crippen LogP contribution in [0.5, 0.6) is 0 Å². The van der Waals surface area contributed by atoms with Crippen LogP contribution in [0.4, 0.5) is 0 Å². The summed E-state index contributed by atoms with van der Waals surface area (Å²) in [5.74, 6) is -5.27. The number of β-amino-alcohol motifs (C(OH)–C–C–N with tert-alkyl or cyclic N) is 2. The fraction of sp³-hybridized carbons (Fsp3) is 0.111. The molecule has 3 unspecified atom stereocenters. The van der Waals surface area contributed by atoms with Gasteiger partial charge in [0.05, 0.1) is 44.1 Å². The number of benzene rings is 10. The molecule has 0 fully saturated rings. The van der Waals surface area contributed by atoms with Crippen molar-refractivity contribution in [1.29, 1.82) is 0 Å². The molecule has 0 aromatic heterocycles. The number of hydrogen-bond donors (Lipinski definition) is 4. The maximum absolute atomic E-state index is 14.0. The lowest BCUT2D eigenvalue weighted by molar-refractivity contribution is -0.212. The minimum Gasteiger partial charge on any atom is -0.858 e. The molecule has 0 bridgehead atoms. The standard InChI is InChI=1S/C54H31N4O14P/c59-21(17-57-51(65)35-13-5-27-23-1-9-31-43-32(48(62)55-47(31)61)10-2-24(39(23)43)28-6-14-36(52(57)66)45(35)41(27)28)19-71-73(69,70)72-20-22(60)18-58-53(67)37-15-7-29-25-3-11-33-44-34(50(64)56-49(33)63)12-4-26(40(25)44)30-8-16-38(54(58)68)46(37)42(29)30/h1-16,21-22,59-60H,17-20H2,(H,69,70)(H,55,61,62)(H,56,63,64)/p-1. The Morgan fingerprint density at radius 2 is 0.740 bits per heavy atom. The van der Waals surface area contributed by atoms with Gasteiger partial charge in [-0.3, -0.25) is 57.7 Å². The van der Waals surface area contributed by atoms with Crippen LogP contribution in [0, 0.1) is 0 Å². The molecule has 14 rings (SSSR count). The van der Waals surface area contributed by atoms with Crippen LogP contribution in [-0.2, 0) is 13.6 Å². The Balaban J connectivity index is 0.668. The van der Waals surface area contributed by atoms with Gasteiger partial charge in [0.2, 0.25) is 0 Å². The van der Waals surface area contributed by atoms with Crippen molar-refractivity contribution >= 4 is 141 Å². The monoisotopic (exact) mass is 989 g/mol. The van der Waals surface area contributed by atoms with Crippen molar-refractivity contribution in [3.63, 3.8) is 0 Å². The zero-order valence-electron chi connectivity index (χ0n) is 37.3. The number of nitrogens with zero attached hydrogens (tertiary/aromatic N) is 3. The summed E-state index contributed by atoms with van der Waals surface area (Å²) in [7, 11) is -5.06. The van der Waals surface area contributed by atoms with Crippen molar-refractivity contribution in [3.05, 3.63) is 142 Å². The minimum atomic E-state index is -5.06. The summed E-state index contributed by atoms with van der Waals surface area (Å²) in [4.78, 5) is 110. The molecule has 4 aliphatic heterocycles. The number of nitrogens with one attached hydrogen (secondary N) is 1. The number of hydrogen-bond acceptors (Lipinski definition) is 13. The Morgan fingerprint density at radius 1 is 0.452 bits per heavy atom. The third kappa shape index (κ3) is 5.78. The summed E-state index contributed by atoms with van der Waals surface area (Å²) in [5, 5.41) is 47.0. The van der Waals surface area contributed by atoms with E-state index in [9.17, 15) is 58.3 Å². The molecule has 0 radical (unpaired) electrons. The SMILES string of the molecule is O=C1N=C([O-])c2ccc3c4ccc5c6c(ccc(c7ccc1c2c73)c64)C(=O)N(CC(O)COP(=O)(O)OCC(O)CN1C(=O)c2ccc3c4ccc6c7c(ccc(c8ccc(c2c38)C1=O)c74)C(=O)NC6=O)C5=O. The highest BCUT2D eigenvalue weighted by atomic mass is 31.2. The number of phosphoric acid groups is 1. The number of carbonyl (C=O) groups is 7. The van der Waals surface area contributed by atoms with Gasteiger partial charge in [-0.25, -0.2) is 9.56 Å². The van der Waals surface area contributed by atoms with Crippen molar-refractivity contribution in [2.24, 2.45) is 4.99 Å². The molecule has 0 spiro atoms. The number of amides is 7. The molecule has 356 valence electrons. The van der Waals surface area contributed by atoms with E-state index >= 15 is 0 Å². The van der Waals surface area contributed by atoms with Crippen LogP contribution in [0.3, 0.4) is 0 Å². The average molecular weight is 990 g/mol. The summed E-state index contributed by atoms with van der Waals surface area (Å²) >= 11 is 0. The van der Waals surface area contributed by atoms with E-state index in [1.54, 1.807) is 97.1 Å². The van der Waals surface area contributed by atoms with E-state index in [1.807, 2.05) is 0 Å². The molecule has 73 heavy (non-hydrogen) atoms. The van der Waals surface area contributed by atoms with Crippen molar-refractivity contribution in [2.45, 2.75) is 12.2 Å². The summed E-state index contributed by atoms with van der Waals surface area (Å²) in [5.41, 5.74) is 1.93. The molecule has 10 aromatic carbocycles. The molecule has 0 saturated carbocycles. The quantitative estimate of drug-likeness (QED) is 0.0556. The second-order valence-corrected chi connectivity index (χ2v) is 20.1. The fourth-order valence-corrected chi connectivity index (χ4v) is 12.5. The molecular weight excluding hydrogens is 960 g/mol. The predicted molar refractivity (Wildman–Crippen MR) is 262 cm³/mol. The number of aliphatic hydroxyl groups is 2. The van der Waals surface area contributed by atoms with Crippen molar-refractivity contribution in [2.75, 3.05) is 26.3 Å². The minimum absolute atomic E-state index is 0.157. The second kappa shape index (κ2) is 14.7. The van der Waals surface area contributed by atoms with E-state index in [1.165, 1.54) is 0 Å². The maximum atomic E-state index is 14.0. The van der Waals surface area contributed by atoms with Gasteiger partial charge < -0.3 is 20.2 Å². The van der Waals surface area contributed by atoms with Gasteiger partial charge in [-0.2, -0.15) is 0 Å². The van der Waals surface area contributed by atoms with Crippen LogP contribution < -0.4 is 10.4 Å². The van der Waals surface area contributed by atoms with Crippen molar-refractivity contribution < 1.29 is 67.4 Å². The zero-order valence-corrected chi connectivity index (χ0v) is 38.2. The van der Waals surface area contributed by atoms with E-state index in [0.717, 1.165) is 9.80 Å². The maximum Gasteiger partial charge on any atom is 0.472 e. The highest BCUT2D eigenvalue weighted by molar-refractivity contribution is 7.47. The Morgan fingerprint density at radius 3 is 1.10 bits per heavy atom. The topological polar surface area (TPSA) is 270 Å². The second-order valence-electron chi connectivity index (χ2n) is 18.6. The lowest BCUT2D eigenvalue weighted by atomic mass is 9.82. The van der Waals surface area contributed by atoms with Crippen molar-refractivity contribution in [3.8, 4) is 0 Å². The smallest absolute Gasteiger partial charge is 0.472 e. The fourth-order valence-electron chi connectivity index (χ4n) is 11.7. The third-order valence-electron chi connectivity index (χ3n) is 14.7. The number of rotatable bonds is 10. The zero-order chi connectivity index (χ0) is 50.3. The van der Waals surface area contributed by atoms with Gasteiger partial charge in [0.1, 0.15) is 0 Å². The van der Waals surface area contributed by atoms with Gasteiger partial charge >= 0.3 is 7.82 Å². The highest BCUT2D eigenvalue weighted by Gasteiger charge is 2.39. The lowest BCUT2D eigenvalue weighted by Gasteiger charge is -2.30. The highest BCUT2D eigenvalue weighted by Crippen LogP contribution is 2.49. The summed E-state index contributed by atoms with van der Waals surface area (Å²) in [6, 6.07) is 26.7. The molecular formula is C54H30N4O14P-. The first-order valence-electron chi connectivity index (χ1n) is 22.9.